The van der Waals surface area contributed by atoms with Gasteiger partial charge in [-0.1, -0.05) is 24.3 Å². The van der Waals surface area contributed by atoms with Crippen LogP contribution in [0.25, 0.3) is 11.0 Å². The number of methoxy groups -OCH3 is 1. The molecular formula is C24H27N3O3. The molecule has 1 amide bonds. The van der Waals surface area contributed by atoms with E-state index in [0.717, 1.165) is 77.2 Å². The molecule has 2 aromatic carbocycles. The van der Waals surface area contributed by atoms with Crippen LogP contribution in [0.3, 0.4) is 0 Å². The molecule has 3 heterocycles. The van der Waals surface area contributed by atoms with E-state index in [9.17, 15) is 4.79 Å². The number of carbonyl (C=O) groups is 1. The number of amides is 1. The first kappa shape index (κ1) is 19.1. The Morgan fingerprint density at radius 3 is 2.83 bits per heavy atom. The van der Waals surface area contributed by atoms with Crippen molar-refractivity contribution in [1.82, 2.24) is 14.5 Å². The summed E-state index contributed by atoms with van der Waals surface area (Å²) in [6, 6.07) is 10.3. The highest BCUT2D eigenvalue weighted by atomic mass is 16.5. The maximum absolute atomic E-state index is 13.2. The van der Waals surface area contributed by atoms with E-state index in [2.05, 4.69) is 12.1 Å². The van der Waals surface area contributed by atoms with E-state index in [1.165, 1.54) is 0 Å². The van der Waals surface area contributed by atoms with Crippen molar-refractivity contribution in [3.05, 3.63) is 58.4 Å². The second-order valence-electron chi connectivity index (χ2n) is 8.24. The topological polar surface area (TPSA) is 56.6 Å². The van der Waals surface area contributed by atoms with Gasteiger partial charge in [-0.2, -0.15) is 0 Å². The lowest BCUT2D eigenvalue weighted by molar-refractivity contribution is 0.0648. The van der Waals surface area contributed by atoms with Crippen LogP contribution in [-0.4, -0.2) is 40.6 Å². The average molecular weight is 405 g/mol. The Bertz CT molecular complexity index is 1130. The van der Waals surface area contributed by atoms with Crippen molar-refractivity contribution >= 4 is 16.9 Å². The van der Waals surface area contributed by atoms with Gasteiger partial charge in [-0.05, 0) is 43.4 Å². The zero-order valence-corrected chi connectivity index (χ0v) is 17.8. The largest absolute Gasteiger partial charge is 0.483 e. The van der Waals surface area contributed by atoms with Crippen molar-refractivity contribution in [2.75, 3.05) is 20.2 Å². The summed E-state index contributed by atoms with van der Waals surface area (Å²) in [6.45, 7) is 4.21. The molecule has 0 aliphatic carbocycles. The Morgan fingerprint density at radius 1 is 1.30 bits per heavy atom. The zero-order chi connectivity index (χ0) is 20.8. The second kappa shape index (κ2) is 7.43. The van der Waals surface area contributed by atoms with Crippen LogP contribution >= 0.6 is 0 Å². The summed E-state index contributed by atoms with van der Waals surface area (Å²) in [7, 11) is 3.70. The van der Waals surface area contributed by atoms with Gasteiger partial charge in [-0.15, -0.1) is 0 Å². The fourth-order valence-electron chi connectivity index (χ4n) is 4.54. The van der Waals surface area contributed by atoms with Gasteiger partial charge in [0.2, 0.25) is 0 Å². The molecule has 0 bridgehead atoms. The summed E-state index contributed by atoms with van der Waals surface area (Å²) in [5, 5.41) is 0. The van der Waals surface area contributed by atoms with Crippen LogP contribution in [0.2, 0.25) is 0 Å². The normalized spacial score (nSPS) is 18.1. The molecule has 0 radical (unpaired) electrons. The zero-order valence-electron chi connectivity index (χ0n) is 17.8. The molecule has 2 aliphatic rings. The number of imidazole rings is 1. The smallest absolute Gasteiger partial charge is 0.254 e. The van der Waals surface area contributed by atoms with Crippen LogP contribution in [0.1, 0.15) is 51.8 Å². The number of aryl methyl sites for hydroxylation is 2. The van der Waals surface area contributed by atoms with Gasteiger partial charge in [0, 0.05) is 38.4 Å². The van der Waals surface area contributed by atoms with Crippen molar-refractivity contribution < 1.29 is 14.3 Å². The standard InChI is InChI=1S/C24H27N3O3/c1-15-25-22-20(26(15)2)13-19(24(28)27-11-6-12-27)18-9-10-21(30-23(18)22)17-8-5-4-7-16(17)14-29-3/h4-5,7-8,13,21H,6,9-12,14H2,1-3H3/t21-/m0/s1. The molecule has 6 nitrogen and oxygen atoms in total. The molecule has 6 heteroatoms. The molecule has 0 saturated carbocycles. The summed E-state index contributed by atoms with van der Waals surface area (Å²) in [6.07, 6.45) is 2.62. The molecule has 1 fully saturated rings. The molecule has 1 saturated heterocycles. The van der Waals surface area contributed by atoms with E-state index in [4.69, 9.17) is 14.5 Å². The van der Waals surface area contributed by atoms with Crippen molar-refractivity contribution in [2.45, 2.75) is 38.9 Å². The van der Waals surface area contributed by atoms with Crippen LogP contribution in [0, 0.1) is 6.92 Å². The van der Waals surface area contributed by atoms with Gasteiger partial charge in [0.05, 0.1) is 12.1 Å². The number of aromatic nitrogens is 2. The fourth-order valence-corrected chi connectivity index (χ4v) is 4.54. The molecule has 0 N–H and O–H groups in total. The van der Waals surface area contributed by atoms with Crippen molar-refractivity contribution in [3.63, 3.8) is 0 Å². The summed E-state index contributed by atoms with van der Waals surface area (Å²) in [5.41, 5.74) is 5.84. The Balaban J connectivity index is 1.62. The molecule has 3 aromatic rings. The van der Waals surface area contributed by atoms with Crippen LogP contribution in [0.4, 0.5) is 0 Å². The van der Waals surface area contributed by atoms with Gasteiger partial charge in [-0.25, -0.2) is 4.98 Å². The first-order valence-corrected chi connectivity index (χ1v) is 10.6. The Labute approximate surface area is 176 Å². The quantitative estimate of drug-likeness (QED) is 0.660. The maximum Gasteiger partial charge on any atom is 0.254 e. The minimum absolute atomic E-state index is 0.0799. The third-order valence-corrected chi connectivity index (χ3v) is 6.45. The van der Waals surface area contributed by atoms with Crippen LogP contribution in [0.15, 0.2) is 30.3 Å². The van der Waals surface area contributed by atoms with Crippen molar-refractivity contribution in [1.29, 1.82) is 0 Å². The fraction of sp³-hybridized carbons (Fsp3) is 0.417. The van der Waals surface area contributed by atoms with Gasteiger partial charge >= 0.3 is 0 Å². The van der Waals surface area contributed by atoms with Crippen molar-refractivity contribution in [3.8, 4) is 5.75 Å². The van der Waals surface area contributed by atoms with Crippen LogP contribution < -0.4 is 4.74 Å². The lowest BCUT2D eigenvalue weighted by atomic mass is 9.91. The Morgan fingerprint density at radius 2 is 2.10 bits per heavy atom. The number of hydrogen-bond donors (Lipinski definition) is 0. The molecular weight excluding hydrogens is 378 g/mol. The Hall–Kier alpha value is -2.86. The first-order valence-electron chi connectivity index (χ1n) is 10.6. The first-order chi connectivity index (χ1) is 14.6. The van der Waals surface area contributed by atoms with E-state index >= 15 is 0 Å². The van der Waals surface area contributed by atoms with Crippen molar-refractivity contribution in [2.24, 2.45) is 7.05 Å². The lowest BCUT2D eigenvalue weighted by Gasteiger charge is -2.33. The predicted octanol–water partition coefficient (Wildman–Crippen LogP) is 3.94. The number of ether oxygens (including phenoxy) is 2. The number of hydrogen-bond acceptors (Lipinski definition) is 4. The Kier molecular flexibility index (Phi) is 4.74. The molecule has 30 heavy (non-hydrogen) atoms. The lowest BCUT2D eigenvalue weighted by Crippen LogP contribution is -2.42. The van der Waals surface area contributed by atoms with Gasteiger partial charge in [-0.3, -0.25) is 4.79 Å². The number of carbonyl (C=O) groups excluding carboxylic acids is 1. The van der Waals surface area contributed by atoms with E-state index in [0.29, 0.717) is 6.61 Å². The molecule has 2 aliphatic heterocycles. The van der Waals surface area contributed by atoms with E-state index in [1.807, 2.05) is 41.6 Å². The predicted molar refractivity (Wildman–Crippen MR) is 115 cm³/mol. The van der Waals surface area contributed by atoms with E-state index < -0.39 is 0 Å². The highest BCUT2D eigenvalue weighted by Gasteiger charge is 2.32. The summed E-state index contributed by atoms with van der Waals surface area (Å²) in [4.78, 5) is 19.9. The van der Waals surface area contributed by atoms with Gasteiger partial charge in [0.1, 0.15) is 17.4 Å². The van der Waals surface area contributed by atoms with Gasteiger partial charge < -0.3 is 18.9 Å². The average Bonchev–Trinajstić information content (AvgIpc) is 3.00. The maximum atomic E-state index is 13.2. The third kappa shape index (κ3) is 2.98. The second-order valence-corrected chi connectivity index (χ2v) is 8.24. The summed E-state index contributed by atoms with van der Waals surface area (Å²) >= 11 is 0. The minimum Gasteiger partial charge on any atom is -0.483 e. The van der Waals surface area contributed by atoms with Gasteiger partial charge in [0.25, 0.3) is 5.91 Å². The summed E-state index contributed by atoms with van der Waals surface area (Å²) < 4.78 is 14.0. The van der Waals surface area contributed by atoms with Gasteiger partial charge in [0.15, 0.2) is 5.75 Å². The van der Waals surface area contributed by atoms with Crippen LogP contribution in [-0.2, 0) is 24.8 Å². The van der Waals surface area contributed by atoms with E-state index in [1.54, 1.807) is 7.11 Å². The molecule has 1 aromatic heterocycles. The number of fused-ring (bicyclic) bond motifs is 3. The molecule has 0 unspecified atom stereocenters. The highest BCUT2D eigenvalue weighted by molar-refractivity contribution is 6.02. The SMILES string of the molecule is COCc1ccccc1[C@@H]1CCc2c(C(=O)N3CCC3)cc3c(nc(C)n3C)c2O1. The highest BCUT2D eigenvalue weighted by Crippen LogP contribution is 2.42. The molecule has 5 rings (SSSR count). The minimum atomic E-state index is -0.0799. The molecule has 156 valence electrons. The third-order valence-electron chi connectivity index (χ3n) is 6.45. The van der Waals surface area contributed by atoms with E-state index in [-0.39, 0.29) is 12.0 Å². The monoisotopic (exact) mass is 405 g/mol. The molecule has 1 atom stereocenters. The number of likely N-dealkylation sites (tertiary alicyclic amines) is 1. The molecule has 0 spiro atoms. The van der Waals surface area contributed by atoms with Crippen LogP contribution in [0.5, 0.6) is 5.75 Å². The number of benzene rings is 2. The number of nitrogens with zero attached hydrogens (tertiary/aromatic N) is 3. The number of rotatable bonds is 4. The summed E-state index contributed by atoms with van der Waals surface area (Å²) in [5.74, 6) is 1.79.